The summed E-state index contributed by atoms with van der Waals surface area (Å²) in [5.41, 5.74) is 0.864. The van der Waals surface area contributed by atoms with Gasteiger partial charge in [0, 0.05) is 25.0 Å². The van der Waals surface area contributed by atoms with Gasteiger partial charge in [-0.05, 0) is 30.8 Å². The first-order valence-electron chi connectivity index (χ1n) is 7.97. The molecule has 1 aromatic carbocycles. The lowest BCUT2D eigenvalue weighted by Gasteiger charge is -2.20. The highest BCUT2D eigenvalue weighted by Gasteiger charge is 2.17. The second kappa shape index (κ2) is 10.2. The summed E-state index contributed by atoms with van der Waals surface area (Å²) in [4.78, 5) is 25.7. The first-order chi connectivity index (χ1) is 11.0. The van der Waals surface area contributed by atoms with Crippen LogP contribution in [0.15, 0.2) is 24.3 Å². The Kier molecular flexibility index (Phi) is 8.66. The molecule has 2 amide bonds. The minimum Gasteiger partial charge on any atom is -0.355 e. The lowest BCUT2D eigenvalue weighted by atomic mass is 10.0. The Morgan fingerprint density at radius 3 is 2.30 bits per heavy atom. The van der Waals surface area contributed by atoms with Crippen LogP contribution in [0.25, 0.3) is 0 Å². The molecule has 2 N–H and O–H groups in total. The van der Waals surface area contributed by atoms with Crippen molar-refractivity contribution < 1.29 is 9.59 Å². The standard InChI is InChI=1S/C17H26ClN3O2/c1-4-21(5-2)11-10-19-17(23)12-16(20-13(3)22)14-6-8-15(18)9-7-14/h6-9,16H,4-5,10-12H2,1-3H3,(H,19,23)(H,20,22). The Hall–Kier alpha value is -1.59. The molecule has 23 heavy (non-hydrogen) atoms. The summed E-state index contributed by atoms with van der Waals surface area (Å²) >= 11 is 5.88. The topological polar surface area (TPSA) is 61.4 Å². The zero-order chi connectivity index (χ0) is 17.2. The van der Waals surface area contributed by atoms with Crippen molar-refractivity contribution in [3.05, 3.63) is 34.9 Å². The molecule has 1 unspecified atom stereocenters. The maximum absolute atomic E-state index is 12.1. The molecule has 1 atom stereocenters. The number of benzene rings is 1. The van der Waals surface area contributed by atoms with E-state index in [2.05, 4.69) is 29.4 Å². The van der Waals surface area contributed by atoms with Gasteiger partial charge in [0.25, 0.3) is 0 Å². The van der Waals surface area contributed by atoms with E-state index in [1.54, 1.807) is 12.1 Å². The Morgan fingerprint density at radius 1 is 1.17 bits per heavy atom. The van der Waals surface area contributed by atoms with Gasteiger partial charge in [-0.25, -0.2) is 0 Å². The fourth-order valence-electron chi connectivity index (χ4n) is 2.34. The quantitative estimate of drug-likeness (QED) is 0.726. The number of hydrogen-bond acceptors (Lipinski definition) is 3. The van der Waals surface area contributed by atoms with Crippen LogP contribution < -0.4 is 10.6 Å². The van der Waals surface area contributed by atoms with E-state index in [1.165, 1.54) is 6.92 Å². The molecule has 0 aliphatic carbocycles. The molecular weight excluding hydrogens is 314 g/mol. The van der Waals surface area contributed by atoms with Gasteiger partial charge in [-0.15, -0.1) is 0 Å². The highest BCUT2D eigenvalue weighted by Crippen LogP contribution is 2.19. The van der Waals surface area contributed by atoms with Gasteiger partial charge in [0.1, 0.15) is 0 Å². The minimum absolute atomic E-state index is 0.0779. The summed E-state index contributed by atoms with van der Waals surface area (Å²) in [7, 11) is 0. The van der Waals surface area contributed by atoms with Crippen LogP contribution in [0.1, 0.15) is 38.8 Å². The van der Waals surface area contributed by atoms with Crippen molar-refractivity contribution in [2.45, 2.75) is 33.2 Å². The van der Waals surface area contributed by atoms with Crippen molar-refractivity contribution in [3.8, 4) is 0 Å². The van der Waals surface area contributed by atoms with E-state index < -0.39 is 0 Å². The van der Waals surface area contributed by atoms with Gasteiger partial charge in [-0.2, -0.15) is 0 Å². The molecule has 0 aliphatic rings. The predicted octanol–water partition coefficient (Wildman–Crippen LogP) is 2.37. The van der Waals surface area contributed by atoms with Crippen LogP contribution in [0, 0.1) is 0 Å². The van der Waals surface area contributed by atoms with Gasteiger partial charge in [-0.3, -0.25) is 9.59 Å². The summed E-state index contributed by atoms with van der Waals surface area (Å²) in [6, 6.07) is 6.81. The van der Waals surface area contributed by atoms with Gasteiger partial charge in [0.15, 0.2) is 0 Å². The average Bonchev–Trinajstić information content (AvgIpc) is 2.51. The van der Waals surface area contributed by atoms with E-state index in [1.807, 2.05) is 12.1 Å². The normalized spacial score (nSPS) is 12.0. The van der Waals surface area contributed by atoms with Crippen molar-refractivity contribution >= 4 is 23.4 Å². The van der Waals surface area contributed by atoms with Gasteiger partial charge < -0.3 is 15.5 Å². The van der Waals surface area contributed by atoms with E-state index >= 15 is 0 Å². The van der Waals surface area contributed by atoms with Crippen molar-refractivity contribution in [2.75, 3.05) is 26.2 Å². The lowest BCUT2D eigenvalue weighted by Crippen LogP contribution is -2.37. The van der Waals surface area contributed by atoms with E-state index in [-0.39, 0.29) is 24.3 Å². The number of likely N-dealkylation sites (N-methyl/N-ethyl adjacent to an activating group) is 1. The Labute approximate surface area is 143 Å². The average molecular weight is 340 g/mol. The SMILES string of the molecule is CCN(CC)CCNC(=O)CC(NC(C)=O)c1ccc(Cl)cc1. The zero-order valence-electron chi connectivity index (χ0n) is 14.1. The molecule has 128 valence electrons. The van der Waals surface area contributed by atoms with Crippen molar-refractivity contribution in [1.82, 2.24) is 15.5 Å². The summed E-state index contributed by atoms with van der Waals surface area (Å²) in [6.07, 6.45) is 0.208. The third-order valence-corrected chi connectivity index (χ3v) is 3.94. The van der Waals surface area contributed by atoms with Crippen LogP contribution in [0.5, 0.6) is 0 Å². The smallest absolute Gasteiger partial charge is 0.222 e. The van der Waals surface area contributed by atoms with Crippen LogP contribution in [0.4, 0.5) is 0 Å². The molecule has 0 spiro atoms. The summed E-state index contributed by atoms with van der Waals surface area (Å²) in [5.74, 6) is -0.244. The van der Waals surface area contributed by atoms with Crippen molar-refractivity contribution in [2.24, 2.45) is 0 Å². The number of amides is 2. The molecule has 0 bridgehead atoms. The van der Waals surface area contributed by atoms with Crippen LogP contribution in [-0.4, -0.2) is 42.9 Å². The first kappa shape index (κ1) is 19.5. The first-order valence-corrected chi connectivity index (χ1v) is 8.35. The van der Waals surface area contributed by atoms with Gasteiger partial charge >= 0.3 is 0 Å². The Balaban J connectivity index is 2.57. The Morgan fingerprint density at radius 2 is 1.78 bits per heavy atom. The summed E-state index contributed by atoms with van der Waals surface area (Å²) in [5, 5.41) is 6.35. The fourth-order valence-corrected chi connectivity index (χ4v) is 2.47. The predicted molar refractivity (Wildman–Crippen MR) is 93.4 cm³/mol. The van der Waals surface area contributed by atoms with Crippen LogP contribution >= 0.6 is 11.6 Å². The van der Waals surface area contributed by atoms with E-state index in [0.717, 1.165) is 25.2 Å². The van der Waals surface area contributed by atoms with E-state index in [4.69, 9.17) is 11.6 Å². The third-order valence-electron chi connectivity index (χ3n) is 3.68. The number of carbonyl (C=O) groups excluding carboxylic acids is 2. The van der Waals surface area contributed by atoms with Crippen molar-refractivity contribution in [3.63, 3.8) is 0 Å². The van der Waals surface area contributed by atoms with Crippen LogP contribution in [0.3, 0.4) is 0 Å². The number of halogens is 1. The molecule has 0 aromatic heterocycles. The number of rotatable bonds is 9. The van der Waals surface area contributed by atoms with Gasteiger partial charge in [0.2, 0.25) is 11.8 Å². The zero-order valence-corrected chi connectivity index (χ0v) is 14.8. The molecule has 0 saturated heterocycles. The fraction of sp³-hybridized carbons (Fsp3) is 0.529. The largest absolute Gasteiger partial charge is 0.355 e. The third kappa shape index (κ3) is 7.48. The maximum atomic E-state index is 12.1. The summed E-state index contributed by atoms with van der Waals surface area (Å²) < 4.78 is 0. The molecule has 1 rings (SSSR count). The highest BCUT2D eigenvalue weighted by atomic mass is 35.5. The minimum atomic E-state index is -0.349. The molecular formula is C17H26ClN3O2. The number of nitrogens with one attached hydrogen (secondary N) is 2. The monoisotopic (exact) mass is 339 g/mol. The maximum Gasteiger partial charge on any atom is 0.222 e. The molecule has 0 aliphatic heterocycles. The summed E-state index contributed by atoms with van der Waals surface area (Å²) in [6.45, 7) is 8.99. The molecule has 0 heterocycles. The molecule has 0 saturated carbocycles. The highest BCUT2D eigenvalue weighted by molar-refractivity contribution is 6.30. The van der Waals surface area contributed by atoms with Gasteiger partial charge in [0.05, 0.1) is 12.5 Å². The van der Waals surface area contributed by atoms with Crippen LogP contribution in [-0.2, 0) is 9.59 Å². The molecule has 0 fully saturated rings. The lowest BCUT2D eigenvalue weighted by molar-refractivity contribution is -0.122. The van der Waals surface area contributed by atoms with Crippen LogP contribution in [0.2, 0.25) is 5.02 Å². The van der Waals surface area contributed by atoms with E-state index in [9.17, 15) is 9.59 Å². The molecule has 5 nitrogen and oxygen atoms in total. The molecule has 1 aromatic rings. The Bertz CT molecular complexity index is 501. The van der Waals surface area contributed by atoms with Crippen molar-refractivity contribution in [1.29, 1.82) is 0 Å². The molecule has 6 heteroatoms. The number of nitrogens with zero attached hydrogens (tertiary/aromatic N) is 1. The van der Waals surface area contributed by atoms with Gasteiger partial charge in [-0.1, -0.05) is 37.6 Å². The second-order valence-corrected chi connectivity index (χ2v) is 5.82. The number of carbonyl (C=O) groups is 2. The second-order valence-electron chi connectivity index (χ2n) is 5.39. The molecule has 0 radical (unpaired) electrons. The van der Waals surface area contributed by atoms with E-state index in [0.29, 0.717) is 11.6 Å². The number of hydrogen-bond donors (Lipinski definition) is 2.